The van der Waals surface area contributed by atoms with Crippen molar-refractivity contribution in [3.8, 4) is 5.75 Å². The lowest BCUT2D eigenvalue weighted by molar-refractivity contribution is 0.398. The van der Waals surface area contributed by atoms with Crippen molar-refractivity contribution in [2.75, 3.05) is 7.11 Å². The van der Waals surface area contributed by atoms with Gasteiger partial charge in [0.25, 0.3) is 0 Å². The quantitative estimate of drug-likeness (QED) is 0.780. The normalized spacial score (nSPS) is 12.7. The molecule has 2 nitrogen and oxygen atoms in total. The highest BCUT2D eigenvalue weighted by Gasteiger charge is 2.19. The van der Waals surface area contributed by atoms with Gasteiger partial charge in [0.15, 0.2) is 11.6 Å². The Bertz CT molecular complexity index is 355. The van der Waals surface area contributed by atoms with Crippen LogP contribution in [0.15, 0.2) is 6.07 Å². The van der Waals surface area contributed by atoms with Gasteiger partial charge in [-0.15, -0.1) is 0 Å². The number of methoxy groups -OCH3 is 1. The molecule has 14 heavy (non-hydrogen) atoms. The molecule has 0 fully saturated rings. The van der Waals surface area contributed by atoms with Crippen molar-refractivity contribution in [1.82, 2.24) is 0 Å². The monoisotopic (exact) mass is 221 g/mol. The first-order chi connectivity index (χ1) is 6.49. The molecular formula is C9H10ClF2NO. The lowest BCUT2D eigenvalue weighted by atomic mass is 10.1. The number of ether oxygens (including phenoxy) is 1. The Hall–Kier alpha value is -0.870. The third-order valence-corrected chi connectivity index (χ3v) is 2.18. The Balaban J connectivity index is 3.43. The highest BCUT2D eigenvalue weighted by molar-refractivity contribution is 6.32. The number of halogens is 3. The molecule has 0 amide bonds. The average molecular weight is 222 g/mol. The maximum Gasteiger partial charge on any atom is 0.181 e. The summed E-state index contributed by atoms with van der Waals surface area (Å²) in [5, 5.41) is -0.375. The minimum atomic E-state index is -1.12. The molecule has 1 atom stereocenters. The Labute approximate surface area is 85.6 Å². The van der Waals surface area contributed by atoms with Crippen LogP contribution in [0.2, 0.25) is 5.02 Å². The zero-order chi connectivity index (χ0) is 10.9. The predicted molar refractivity (Wildman–Crippen MR) is 50.5 cm³/mol. The van der Waals surface area contributed by atoms with Gasteiger partial charge < -0.3 is 10.5 Å². The maximum atomic E-state index is 13.0. The number of hydrogen-bond donors (Lipinski definition) is 1. The van der Waals surface area contributed by atoms with E-state index in [1.165, 1.54) is 7.11 Å². The molecule has 0 aromatic heterocycles. The molecule has 0 bridgehead atoms. The van der Waals surface area contributed by atoms with Crippen LogP contribution in [-0.2, 0) is 0 Å². The number of rotatable bonds is 2. The smallest absolute Gasteiger partial charge is 0.181 e. The van der Waals surface area contributed by atoms with E-state index >= 15 is 0 Å². The first-order valence-electron chi connectivity index (χ1n) is 3.96. The van der Waals surface area contributed by atoms with Gasteiger partial charge in [-0.1, -0.05) is 11.6 Å². The van der Waals surface area contributed by atoms with Gasteiger partial charge in [0.1, 0.15) is 10.8 Å². The standard InChI is InChI=1S/C9H10ClF2NO/c1-4(13)5-3-6(11)8(12)7(10)9(5)14-2/h3-4H,13H2,1-2H3. The second kappa shape index (κ2) is 4.11. The summed E-state index contributed by atoms with van der Waals surface area (Å²) in [6.07, 6.45) is 0. The summed E-state index contributed by atoms with van der Waals surface area (Å²) < 4.78 is 30.8. The Morgan fingerprint density at radius 1 is 1.50 bits per heavy atom. The van der Waals surface area contributed by atoms with Gasteiger partial charge in [-0.3, -0.25) is 0 Å². The van der Waals surface area contributed by atoms with E-state index in [-0.39, 0.29) is 10.8 Å². The number of benzene rings is 1. The molecule has 1 aromatic carbocycles. The highest BCUT2D eigenvalue weighted by atomic mass is 35.5. The fraction of sp³-hybridized carbons (Fsp3) is 0.333. The van der Waals surface area contributed by atoms with E-state index in [0.717, 1.165) is 6.07 Å². The van der Waals surface area contributed by atoms with Crippen molar-refractivity contribution < 1.29 is 13.5 Å². The van der Waals surface area contributed by atoms with Crippen LogP contribution >= 0.6 is 11.6 Å². The third kappa shape index (κ3) is 1.81. The van der Waals surface area contributed by atoms with Crippen molar-refractivity contribution in [2.45, 2.75) is 13.0 Å². The second-order valence-electron chi connectivity index (χ2n) is 2.90. The largest absolute Gasteiger partial charge is 0.495 e. The Morgan fingerprint density at radius 3 is 2.50 bits per heavy atom. The van der Waals surface area contributed by atoms with E-state index in [1.54, 1.807) is 6.92 Å². The maximum absolute atomic E-state index is 13.0. The molecule has 0 aliphatic heterocycles. The van der Waals surface area contributed by atoms with Crippen LogP contribution in [0.1, 0.15) is 18.5 Å². The van der Waals surface area contributed by atoms with Crippen molar-refractivity contribution in [1.29, 1.82) is 0 Å². The van der Waals surface area contributed by atoms with Gasteiger partial charge in [0.2, 0.25) is 0 Å². The summed E-state index contributed by atoms with van der Waals surface area (Å²) in [6, 6.07) is 0.516. The third-order valence-electron chi connectivity index (χ3n) is 1.84. The van der Waals surface area contributed by atoms with Crippen molar-refractivity contribution >= 4 is 11.6 Å². The molecule has 78 valence electrons. The molecule has 1 unspecified atom stereocenters. The summed E-state index contributed by atoms with van der Waals surface area (Å²) in [5.41, 5.74) is 5.89. The molecule has 5 heteroatoms. The van der Waals surface area contributed by atoms with Gasteiger partial charge >= 0.3 is 0 Å². The molecule has 0 heterocycles. The van der Waals surface area contributed by atoms with Crippen molar-refractivity contribution in [3.63, 3.8) is 0 Å². The number of hydrogen-bond acceptors (Lipinski definition) is 2. The fourth-order valence-electron chi connectivity index (χ4n) is 1.14. The molecule has 1 aromatic rings. The highest BCUT2D eigenvalue weighted by Crippen LogP contribution is 2.35. The minimum Gasteiger partial charge on any atom is -0.495 e. The fourth-order valence-corrected chi connectivity index (χ4v) is 1.42. The van der Waals surface area contributed by atoms with Crippen LogP contribution in [0.5, 0.6) is 5.75 Å². The predicted octanol–water partition coefficient (Wildman–Crippen LogP) is 2.65. The second-order valence-corrected chi connectivity index (χ2v) is 3.28. The van der Waals surface area contributed by atoms with Gasteiger partial charge in [0, 0.05) is 11.6 Å². The zero-order valence-corrected chi connectivity index (χ0v) is 8.53. The van der Waals surface area contributed by atoms with Gasteiger partial charge in [-0.25, -0.2) is 8.78 Å². The van der Waals surface area contributed by atoms with Crippen LogP contribution in [0.4, 0.5) is 8.78 Å². The van der Waals surface area contributed by atoms with Crippen LogP contribution in [0.3, 0.4) is 0 Å². The van der Waals surface area contributed by atoms with Crippen LogP contribution in [0, 0.1) is 11.6 Å². The molecule has 0 aliphatic rings. The summed E-state index contributed by atoms with van der Waals surface area (Å²) >= 11 is 5.55. The molecular weight excluding hydrogens is 212 g/mol. The summed E-state index contributed by atoms with van der Waals surface area (Å²) in [6.45, 7) is 1.63. The molecule has 0 saturated heterocycles. The molecule has 0 aliphatic carbocycles. The van der Waals surface area contributed by atoms with Gasteiger partial charge in [0.05, 0.1) is 7.11 Å². The molecule has 1 rings (SSSR count). The van der Waals surface area contributed by atoms with E-state index in [9.17, 15) is 8.78 Å². The van der Waals surface area contributed by atoms with Crippen LogP contribution < -0.4 is 10.5 Å². The molecule has 2 N–H and O–H groups in total. The van der Waals surface area contributed by atoms with Gasteiger partial charge in [-0.2, -0.15) is 0 Å². The first kappa shape index (κ1) is 11.2. The summed E-state index contributed by atoms with van der Waals surface area (Å²) in [4.78, 5) is 0. The lowest BCUT2D eigenvalue weighted by Gasteiger charge is -2.13. The Kier molecular flexibility index (Phi) is 3.29. The first-order valence-corrected chi connectivity index (χ1v) is 4.33. The summed E-state index contributed by atoms with van der Waals surface area (Å²) in [7, 11) is 1.32. The van der Waals surface area contributed by atoms with Gasteiger partial charge in [-0.05, 0) is 13.0 Å². The lowest BCUT2D eigenvalue weighted by Crippen LogP contribution is -2.09. The van der Waals surface area contributed by atoms with Crippen molar-refractivity contribution in [2.24, 2.45) is 5.73 Å². The minimum absolute atomic E-state index is 0.0839. The zero-order valence-electron chi connectivity index (χ0n) is 7.77. The van der Waals surface area contributed by atoms with E-state index in [4.69, 9.17) is 22.1 Å². The molecule has 0 saturated carbocycles. The number of nitrogens with two attached hydrogens (primary N) is 1. The topological polar surface area (TPSA) is 35.2 Å². The average Bonchev–Trinajstić information content (AvgIpc) is 2.13. The van der Waals surface area contributed by atoms with E-state index in [2.05, 4.69) is 0 Å². The molecule has 0 spiro atoms. The molecule has 0 radical (unpaired) electrons. The SMILES string of the molecule is COc1c(C(C)N)cc(F)c(F)c1Cl. The van der Waals surface area contributed by atoms with Crippen LogP contribution in [0.25, 0.3) is 0 Å². The van der Waals surface area contributed by atoms with E-state index < -0.39 is 17.7 Å². The van der Waals surface area contributed by atoms with Crippen LogP contribution in [-0.4, -0.2) is 7.11 Å². The summed E-state index contributed by atoms with van der Waals surface area (Å²) in [5.74, 6) is -2.06. The van der Waals surface area contributed by atoms with E-state index in [1.807, 2.05) is 0 Å². The van der Waals surface area contributed by atoms with Crippen molar-refractivity contribution in [3.05, 3.63) is 28.3 Å². The Morgan fingerprint density at radius 2 is 2.07 bits per heavy atom. The van der Waals surface area contributed by atoms with E-state index in [0.29, 0.717) is 5.56 Å².